The van der Waals surface area contributed by atoms with Gasteiger partial charge in [0.1, 0.15) is 5.69 Å². The molecule has 2 rings (SSSR count). The van der Waals surface area contributed by atoms with E-state index >= 15 is 0 Å². The third-order valence-corrected chi connectivity index (χ3v) is 2.68. The molecular weight excluding hydrogens is 228 g/mol. The maximum Gasteiger partial charge on any atom is 0.237 e. The van der Waals surface area contributed by atoms with Gasteiger partial charge in [0.25, 0.3) is 0 Å². The highest BCUT2D eigenvalue weighted by Crippen LogP contribution is 2.24. The zero-order valence-electron chi connectivity index (χ0n) is 10.7. The smallest absolute Gasteiger partial charge is 0.237 e. The van der Waals surface area contributed by atoms with Gasteiger partial charge in [-0.25, -0.2) is 4.98 Å². The molecule has 0 aromatic carbocycles. The molecule has 0 bridgehead atoms. The molecule has 5 nitrogen and oxygen atoms in total. The van der Waals surface area contributed by atoms with Crippen LogP contribution >= 0.6 is 0 Å². The topological polar surface area (TPSA) is 59.9 Å². The molecule has 2 aromatic rings. The molecule has 18 heavy (non-hydrogen) atoms. The number of hydrogen-bond acceptors (Lipinski definition) is 5. The van der Waals surface area contributed by atoms with Gasteiger partial charge in [0, 0.05) is 18.6 Å². The van der Waals surface area contributed by atoms with Crippen molar-refractivity contribution >= 4 is 0 Å². The Kier molecular flexibility index (Phi) is 3.84. The second-order valence-corrected chi connectivity index (χ2v) is 3.93. The van der Waals surface area contributed by atoms with Crippen LogP contribution in [-0.4, -0.2) is 29.1 Å². The third kappa shape index (κ3) is 2.46. The summed E-state index contributed by atoms with van der Waals surface area (Å²) in [6.45, 7) is 2.03. The van der Waals surface area contributed by atoms with E-state index in [4.69, 9.17) is 4.74 Å². The normalized spacial score (nSPS) is 12.2. The number of pyridine rings is 1. The number of methoxy groups -OCH3 is 1. The second-order valence-electron chi connectivity index (χ2n) is 3.93. The van der Waals surface area contributed by atoms with Gasteiger partial charge in [-0.05, 0) is 31.7 Å². The highest BCUT2D eigenvalue weighted by molar-refractivity contribution is 5.30. The van der Waals surface area contributed by atoms with E-state index in [0.29, 0.717) is 5.88 Å². The van der Waals surface area contributed by atoms with Crippen LogP contribution in [0.4, 0.5) is 0 Å². The summed E-state index contributed by atoms with van der Waals surface area (Å²) in [5, 5.41) is 3.19. The molecule has 2 aromatic heterocycles. The van der Waals surface area contributed by atoms with E-state index in [-0.39, 0.29) is 6.04 Å². The molecule has 0 saturated heterocycles. The lowest BCUT2D eigenvalue weighted by atomic mass is 10.1. The van der Waals surface area contributed by atoms with Crippen molar-refractivity contribution in [3.05, 3.63) is 47.7 Å². The van der Waals surface area contributed by atoms with Crippen LogP contribution in [0.2, 0.25) is 0 Å². The molecule has 0 saturated carbocycles. The van der Waals surface area contributed by atoms with Gasteiger partial charge in [-0.15, -0.1) is 0 Å². The first kappa shape index (κ1) is 12.4. The van der Waals surface area contributed by atoms with E-state index < -0.39 is 0 Å². The summed E-state index contributed by atoms with van der Waals surface area (Å²) in [6, 6.07) is 3.85. The van der Waals surface area contributed by atoms with E-state index in [1.54, 1.807) is 25.7 Å². The average Bonchev–Trinajstić information content (AvgIpc) is 2.40. The second kappa shape index (κ2) is 5.55. The number of ether oxygens (including phenoxy) is 1. The van der Waals surface area contributed by atoms with Crippen molar-refractivity contribution in [3.8, 4) is 5.88 Å². The Morgan fingerprint density at radius 3 is 2.61 bits per heavy atom. The molecular formula is C13H16N4O. The van der Waals surface area contributed by atoms with Crippen molar-refractivity contribution in [2.75, 3.05) is 14.2 Å². The number of hydrogen-bond donors (Lipinski definition) is 1. The van der Waals surface area contributed by atoms with Crippen molar-refractivity contribution in [2.24, 2.45) is 0 Å². The number of rotatable bonds is 4. The summed E-state index contributed by atoms with van der Waals surface area (Å²) in [7, 11) is 3.45. The van der Waals surface area contributed by atoms with Crippen LogP contribution in [0.25, 0.3) is 0 Å². The van der Waals surface area contributed by atoms with E-state index in [1.807, 2.05) is 26.1 Å². The highest BCUT2D eigenvalue weighted by Gasteiger charge is 2.20. The molecule has 1 N–H and O–H groups in total. The summed E-state index contributed by atoms with van der Waals surface area (Å²) >= 11 is 0. The minimum absolute atomic E-state index is 0.131. The fraction of sp³-hybridized carbons (Fsp3) is 0.308. The van der Waals surface area contributed by atoms with Gasteiger partial charge in [0.15, 0.2) is 0 Å². The minimum Gasteiger partial charge on any atom is -0.480 e. The fourth-order valence-electron chi connectivity index (χ4n) is 1.83. The summed E-state index contributed by atoms with van der Waals surface area (Å²) in [6.07, 6.45) is 5.05. The Morgan fingerprint density at radius 1 is 1.17 bits per heavy atom. The zero-order valence-corrected chi connectivity index (χ0v) is 10.7. The molecule has 0 fully saturated rings. The first-order valence-corrected chi connectivity index (χ1v) is 5.71. The van der Waals surface area contributed by atoms with Crippen LogP contribution in [0, 0.1) is 6.92 Å². The third-order valence-electron chi connectivity index (χ3n) is 2.68. The Morgan fingerprint density at radius 2 is 1.94 bits per heavy atom. The van der Waals surface area contributed by atoms with Crippen molar-refractivity contribution in [1.29, 1.82) is 0 Å². The molecule has 2 heterocycles. The van der Waals surface area contributed by atoms with Gasteiger partial charge in [-0.2, -0.15) is 0 Å². The maximum atomic E-state index is 5.24. The highest BCUT2D eigenvalue weighted by atomic mass is 16.5. The SMILES string of the molecule is CNC(c1cc(C)ccn1)c1nccnc1OC. The van der Waals surface area contributed by atoms with Crippen LogP contribution in [0.1, 0.15) is 23.0 Å². The van der Waals surface area contributed by atoms with E-state index in [9.17, 15) is 0 Å². The molecule has 0 aliphatic rings. The summed E-state index contributed by atoms with van der Waals surface area (Å²) in [5.74, 6) is 0.514. The fourth-order valence-corrected chi connectivity index (χ4v) is 1.83. The predicted octanol–water partition coefficient (Wildman–Crippen LogP) is 1.50. The predicted molar refractivity (Wildman–Crippen MR) is 68.5 cm³/mol. The molecule has 0 spiro atoms. The van der Waals surface area contributed by atoms with E-state index in [2.05, 4.69) is 20.3 Å². The molecule has 1 atom stereocenters. The average molecular weight is 244 g/mol. The van der Waals surface area contributed by atoms with Crippen LogP contribution in [-0.2, 0) is 0 Å². The van der Waals surface area contributed by atoms with Crippen molar-refractivity contribution in [1.82, 2.24) is 20.3 Å². The largest absolute Gasteiger partial charge is 0.480 e. The van der Waals surface area contributed by atoms with Crippen LogP contribution < -0.4 is 10.1 Å². The number of nitrogens with one attached hydrogen (secondary N) is 1. The van der Waals surface area contributed by atoms with Gasteiger partial charge < -0.3 is 10.1 Å². The summed E-state index contributed by atoms with van der Waals surface area (Å²) < 4.78 is 5.24. The number of nitrogens with zero attached hydrogens (tertiary/aromatic N) is 3. The standard InChI is InChI=1S/C13H16N4O/c1-9-4-5-15-10(8-9)11(14-2)12-13(18-3)17-7-6-16-12/h4-8,11,14H,1-3H3. The Hall–Kier alpha value is -2.01. The van der Waals surface area contributed by atoms with Crippen molar-refractivity contribution in [3.63, 3.8) is 0 Å². The first-order chi connectivity index (χ1) is 8.76. The lowest BCUT2D eigenvalue weighted by Crippen LogP contribution is -2.21. The van der Waals surface area contributed by atoms with Crippen LogP contribution in [0.15, 0.2) is 30.7 Å². The maximum absolute atomic E-state index is 5.24. The van der Waals surface area contributed by atoms with Crippen molar-refractivity contribution in [2.45, 2.75) is 13.0 Å². The quantitative estimate of drug-likeness (QED) is 0.883. The summed E-state index contributed by atoms with van der Waals surface area (Å²) in [5.41, 5.74) is 2.79. The Balaban J connectivity index is 2.45. The lowest BCUT2D eigenvalue weighted by Gasteiger charge is -2.17. The van der Waals surface area contributed by atoms with E-state index in [0.717, 1.165) is 17.0 Å². The monoisotopic (exact) mass is 244 g/mol. The molecule has 0 amide bonds. The number of aryl methyl sites for hydroxylation is 1. The van der Waals surface area contributed by atoms with Crippen LogP contribution in [0.3, 0.4) is 0 Å². The number of aromatic nitrogens is 3. The van der Waals surface area contributed by atoms with Crippen LogP contribution in [0.5, 0.6) is 5.88 Å². The zero-order chi connectivity index (χ0) is 13.0. The van der Waals surface area contributed by atoms with Gasteiger partial charge >= 0.3 is 0 Å². The van der Waals surface area contributed by atoms with Gasteiger partial charge in [0.05, 0.1) is 18.8 Å². The minimum atomic E-state index is -0.131. The molecule has 0 radical (unpaired) electrons. The molecule has 1 unspecified atom stereocenters. The molecule has 5 heteroatoms. The lowest BCUT2D eigenvalue weighted by molar-refractivity contribution is 0.383. The molecule has 0 aliphatic heterocycles. The van der Waals surface area contributed by atoms with Gasteiger partial charge in [0.2, 0.25) is 5.88 Å². The van der Waals surface area contributed by atoms with Gasteiger partial charge in [-0.1, -0.05) is 0 Å². The molecule has 0 aliphatic carbocycles. The van der Waals surface area contributed by atoms with E-state index in [1.165, 1.54) is 0 Å². The Bertz CT molecular complexity index is 530. The first-order valence-electron chi connectivity index (χ1n) is 5.71. The Labute approximate surface area is 106 Å². The summed E-state index contributed by atoms with van der Waals surface area (Å²) in [4.78, 5) is 12.9. The van der Waals surface area contributed by atoms with Crippen molar-refractivity contribution < 1.29 is 4.74 Å². The molecule has 94 valence electrons. The van der Waals surface area contributed by atoms with Gasteiger partial charge in [-0.3, -0.25) is 9.97 Å².